The van der Waals surface area contributed by atoms with Crippen molar-refractivity contribution in [2.75, 3.05) is 17.2 Å². The normalized spacial score (nSPS) is 19.5. The third-order valence-electron chi connectivity index (χ3n) is 3.42. The minimum atomic E-state index is -3.38. The molecule has 3 nitrogen and oxygen atoms in total. The summed E-state index contributed by atoms with van der Waals surface area (Å²) in [6, 6.07) is 7.01. The highest BCUT2D eigenvalue weighted by molar-refractivity contribution is 9.09. The molecular weight excluding hydrogens is 382 g/mol. The highest BCUT2D eigenvalue weighted by Crippen LogP contribution is 2.38. The lowest BCUT2D eigenvalue weighted by molar-refractivity contribution is 0.123. The summed E-state index contributed by atoms with van der Waals surface area (Å²) < 4.78 is 26.7. The molecule has 1 saturated heterocycles. The molecule has 0 aromatic heterocycles. The zero-order valence-corrected chi connectivity index (χ0v) is 14.1. The van der Waals surface area contributed by atoms with Crippen LogP contribution in [0.4, 0.5) is 0 Å². The second-order valence-corrected chi connectivity index (χ2v) is 7.62. The van der Waals surface area contributed by atoms with Crippen molar-refractivity contribution in [3.63, 3.8) is 0 Å². The molecule has 1 aromatic rings. The zero-order chi connectivity index (χ0) is 13.4. The van der Waals surface area contributed by atoms with Crippen molar-refractivity contribution in [3.8, 4) is 0 Å². The van der Waals surface area contributed by atoms with Crippen LogP contribution >= 0.6 is 31.9 Å². The third kappa shape index (κ3) is 2.28. The molecule has 0 bridgehead atoms. The summed E-state index contributed by atoms with van der Waals surface area (Å²) in [7, 11) is -3.38. The number of rotatable bonds is 4. The van der Waals surface area contributed by atoms with Gasteiger partial charge in [0.15, 0.2) is 0 Å². The van der Waals surface area contributed by atoms with Gasteiger partial charge in [-0.25, -0.2) is 8.42 Å². The summed E-state index contributed by atoms with van der Waals surface area (Å²) in [6.07, 6.45) is 0.884. The third-order valence-corrected chi connectivity index (χ3v) is 7.52. The highest BCUT2D eigenvalue weighted by atomic mass is 79.9. The van der Waals surface area contributed by atoms with Gasteiger partial charge in [-0.2, -0.15) is 4.31 Å². The van der Waals surface area contributed by atoms with Gasteiger partial charge in [-0.3, -0.25) is 0 Å². The van der Waals surface area contributed by atoms with Crippen molar-refractivity contribution in [1.29, 1.82) is 0 Å². The van der Waals surface area contributed by atoms with Crippen molar-refractivity contribution in [2.45, 2.75) is 23.8 Å². The number of aryl methyl sites for hydroxylation is 1. The maximum Gasteiger partial charge on any atom is 0.243 e. The number of hydrogen-bond acceptors (Lipinski definition) is 2. The second-order valence-electron chi connectivity index (χ2n) is 4.63. The molecule has 18 heavy (non-hydrogen) atoms. The van der Waals surface area contributed by atoms with Crippen LogP contribution in [-0.4, -0.2) is 35.5 Å². The molecule has 2 rings (SSSR count). The van der Waals surface area contributed by atoms with Crippen LogP contribution in [0.3, 0.4) is 0 Å². The van der Waals surface area contributed by atoms with Crippen molar-refractivity contribution >= 4 is 41.9 Å². The lowest BCUT2D eigenvalue weighted by atomic mass is 9.93. The van der Waals surface area contributed by atoms with Crippen molar-refractivity contribution in [2.24, 2.45) is 0 Å². The van der Waals surface area contributed by atoms with E-state index in [0.717, 1.165) is 12.0 Å². The van der Waals surface area contributed by atoms with E-state index in [2.05, 4.69) is 31.9 Å². The topological polar surface area (TPSA) is 37.4 Å². The van der Waals surface area contributed by atoms with E-state index in [1.165, 1.54) is 0 Å². The van der Waals surface area contributed by atoms with Crippen LogP contribution in [0.5, 0.6) is 0 Å². The van der Waals surface area contributed by atoms with Gasteiger partial charge in [0.25, 0.3) is 0 Å². The van der Waals surface area contributed by atoms with Crippen LogP contribution in [0.25, 0.3) is 0 Å². The summed E-state index contributed by atoms with van der Waals surface area (Å²) in [5.74, 6) is 0. The van der Waals surface area contributed by atoms with Gasteiger partial charge < -0.3 is 0 Å². The molecule has 0 radical (unpaired) electrons. The molecule has 100 valence electrons. The Morgan fingerprint density at radius 3 is 2.17 bits per heavy atom. The van der Waals surface area contributed by atoms with Crippen LogP contribution in [-0.2, 0) is 10.0 Å². The fourth-order valence-electron chi connectivity index (χ4n) is 2.03. The number of alkyl halides is 2. The van der Waals surface area contributed by atoms with Gasteiger partial charge in [-0.15, -0.1) is 0 Å². The Balaban J connectivity index is 2.35. The molecular formula is C12H15Br2NO2S. The molecule has 0 aliphatic carbocycles. The SMILES string of the molecule is Cc1ccc(S(=O)(=O)N2CCC2(CBr)CBr)cc1. The van der Waals surface area contributed by atoms with E-state index in [-0.39, 0.29) is 5.54 Å². The molecule has 0 atom stereocenters. The number of benzene rings is 1. The summed E-state index contributed by atoms with van der Waals surface area (Å²) in [6.45, 7) is 2.54. The van der Waals surface area contributed by atoms with Crippen molar-refractivity contribution in [1.82, 2.24) is 4.31 Å². The molecule has 0 amide bonds. The molecule has 1 heterocycles. The molecule has 1 fully saturated rings. The molecule has 0 saturated carbocycles. The minimum absolute atomic E-state index is 0.316. The first-order valence-electron chi connectivity index (χ1n) is 5.68. The first-order chi connectivity index (χ1) is 8.46. The Kier molecular flexibility index (Phi) is 4.21. The molecule has 1 aliphatic rings. The largest absolute Gasteiger partial charge is 0.243 e. The Hall–Kier alpha value is 0.0900. The lowest BCUT2D eigenvalue weighted by Gasteiger charge is -2.49. The van der Waals surface area contributed by atoms with Gasteiger partial charge in [0.1, 0.15) is 0 Å². The Bertz CT molecular complexity index is 518. The fourth-order valence-corrected chi connectivity index (χ4v) is 6.26. The average molecular weight is 397 g/mol. The van der Waals surface area contributed by atoms with Gasteiger partial charge in [0.2, 0.25) is 10.0 Å². The van der Waals surface area contributed by atoms with Gasteiger partial charge in [0.05, 0.1) is 10.4 Å². The molecule has 0 spiro atoms. The first-order valence-corrected chi connectivity index (χ1v) is 9.36. The standard InChI is InChI=1S/C12H15Br2NO2S/c1-10-2-4-11(5-3-10)18(16,17)15-7-6-12(15,8-13)9-14/h2-5H,6-9H2,1H3. The van der Waals surface area contributed by atoms with Gasteiger partial charge in [-0.05, 0) is 25.5 Å². The van der Waals surface area contributed by atoms with E-state index in [9.17, 15) is 8.42 Å². The number of hydrogen-bond donors (Lipinski definition) is 0. The molecule has 0 N–H and O–H groups in total. The van der Waals surface area contributed by atoms with Gasteiger partial charge >= 0.3 is 0 Å². The van der Waals surface area contributed by atoms with E-state index in [4.69, 9.17) is 0 Å². The molecule has 1 aromatic carbocycles. The quantitative estimate of drug-likeness (QED) is 0.733. The zero-order valence-electron chi connectivity index (χ0n) is 10.1. The number of nitrogens with zero attached hydrogens (tertiary/aromatic N) is 1. The van der Waals surface area contributed by atoms with E-state index in [0.29, 0.717) is 22.1 Å². The van der Waals surface area contributed by atoms with Crippen molar-refractivity contribution < 1.29 is 8.42 Å². The lowest BCUT2D eigenvalue weighted by Crippen LogP contribution is -2.64. The van der Waals surface area contributed by atoms with Crippen LogP contribution in [0.1, 0.15) is 12.0 Å². The number of sulfonamides is 1. The predicted octanol–water partition coefficient (Wildman–Crippen LogP) is 2.92. The predicted molar refractivity (Wildman–Crippen MR) is 80.0 cm³/mol. The molecule has 6 heteroatoms. The maximum absolute atomic E-state index is 12.5. The summed E-state index contributed by atoms with van der Waals surface area (Å²) >= 11 is 6.85. The van der Waals surface area contributed by atoms with E-state index >= 15 is 0 Å². The van der Waals surface area contributed by atoms with Crippen LogP contribution in [0.2, 0.25) is 0 Å². The van der Waals surface area contributed by atoms with E-state index < -0.39 is 10.0 Å². The fraction of sp³-hybridized carbons (Fsp3) is 0.500. The summed E-state index contributed by atoms with van der Waals surface area (Å²) in [5.41, 5.74) is 0.744. The van der Waals surface area contributed by atoms with Crippen LogP contribution in [0.15, 0.2) is 29.2 Å². The molecule has 1 aliphatic heterocycles. The highest BCUT2D eigenvalue weighted by Gasteiger charge is 2.49. The second kappa shape index (κ2) is 5.23. The Morgan fingerprint density at radius 2 is 1.78 bits per heavy atom. The summed E-state index contributed by atoms with van der Waals surface area (Å²) in [4.78, 5) is 0.374. The summed E-state index contributed by atoms with van der Waals surface area (Å²) in [5, 5.41) is 1.30. The van der Waals surface area contributed by atoms with Crippen LogP contribution < -0.4 is 0 Å². The van der Waals surface area contributed by atoms with Gasteiger partial charge in [-0.1, -0.05) is 49.6 Å². The first kappa shape index (κ1) is 14.5. The van der Waals surface area contributed by atoms with Gasteiger partial charge in [0, 0.05) is 17.2 Å². The number of halogens is 2. The van der Waals surface area contributed by atoms with Crippen LogP contribution in [0, 0.1) is 6.92 Å². The molecule has 0 unspecified atom stereocenters. The Morgan fingerprint density at radius 1 is 1.22 bits per heavy atom. The minimum Gasteiger partial charge on any atom is -0.207 e. The Labute approximate surface area is 125 Å². The average Bonchev–Trinajstić information content (AvgIpc) is 2.29. The smallest absolute Gasteiger partial charge is 0.207 e. The maximum atomic E-state index is 12.5. The van der Waals surface area contributed by atoms with E-state index in [1.54, 1.807) is 16.4 Å². The monoisotopic (exact) mass is 395 g/mol. The van der Waals surface area contributed by atoms with E-state index in [1.807, 2.05) is 19.1 Å². The van der Waals surface area contributed by atoms with Crippen molar-refractivity contribution in [3.05, 3.63) is 29.8 Å².